The number of hydrogen-bond donors (Lipinski definition) is 0. The number of nitrogens with zero attached hydrogens (tertiary/aromatic N) is 2. The van der Waals surface area contributed by atoms with Crippen molar-refractivity contribution in [1.82, 2.24) is 9.61 Å². The van der Waals surface area contributed by atoms with Crippen LogP contribution in [0.5, 0.6) is 5.75 Å². The van der Waals surface area contributed by atoms with E-state index in [1.807, 2.05) is 12.1 Å². The van der Waals surface area contributed by atoms with Crippen LogP contribution in [0, 0.1) is 0 Å². The highest BCUT2D eigenvalue weighted by Gasteiger charge is 2.27. The SMILES string of the molecule is COc1ccc(-c2cc3c4ccccc4cc(C4CC4)n3n2)cc1. The van der Waals surface area contributed by atoms with Gasteiger partial charge in [-0.2, -0.15) is 5.10 Å². The van der Waals surface area contributed by atoms with Crippen LogP contribution in [-0.2, 0) is 0 Å². The first-order chi connectivity index (χ1) is 11.8. The molecule has 0 bridgehead atoms. The van der Waals surface area contributed by atoms with Crippen LogP contribution in [-0.4, -0.2) is 16.7 Å². The van der Waals surface area contributed by atoms with E-state index in [9.17, 15) is 0 Å². The number of benzene rings is 2. The first kappa shape index (κ1) is 13.6. The summed E-state index contributed by atoms with van der Waals surface area (Å²) in [7, 11) is 1.69. The van der Waals surface area contributed by atoms with Crippen molar-refractivity contribution < 1.29 is 4.74 Å². The Kier molecular flexibility index (Phi) is 2.89. The third kappa shape index (κ3) is 2.08. The molecular formula is C21H18N2O. The molecular weight excluding hydrogens is 296 g/mol. The number of ether oxygens (including phenoxy) is 1. The maximum atomic E-state index is 5.25. The Bertz CT molecular complexity index is 1040. The molecule has 1 aliphatic rings. The Hall–Kier alpha value is -2.81. The molecule has 2 aromatic heterocycles. The summed E-state index contributed by atoms with van der Waals surface area (Å²) in [5, 5.41) is 7.48. The third-order valence-electron chi connectivity index (χ3n) is 4.88. The van der Waals surface area contributed by atoms with E-state index in [0.29, 0.717) is 5.92 Å². The van der Waals surface area contributed by atoms with Crippen LogP contribution in [0.15, 0.2) is 60.7 Å². The van der Waals surface area contributed by atoms with Crippen LogP contribution in [0.3, 0.4) is 0 Å². The molecule has 1 saturated carbocycles. The van der Waals surface area contributed by atoms with Crippen LogP contribution in [0.2, 0.25) is 0 Å². The molecule has 4 aromatic rings. The summed E-state index contributed by atoms with van der Waals surface area (Å²) in [5.74, 6) is 1.52. The molecule has 0 spiro atoms. The topological polar surface area (TPSA) is 26.5 Å². The van der Waals surface area contributed by atoms with Gasteiger partial charge < -0.3 is 4.74 Å². The van der Waals surface area contributed by atoms with Crippen LogP contribution in [0.1, 0.15) is 24.5 Å². The minimum Gasteiger partial charge on any atom is -0.497 e. The molecule has 0 radical (unpaired) electrons. The molecule has 5 rings (SSSR count). The van der Waals surface area contributed by atoms with E-state index in [-0.39, 0.29) is 0 Å². The number of fused-ring (bicyclic) bond motifs is 3. The predicted octanol–water partition coefficient (Wildman–Crippen LogP) is 5.04. The van der Waals surface area contributed by atoms with Gasteiger partial charge in [-0.15, -0.1) is 0 Å². The van der Waals surface area contributed by atoms with Gasteiger partial charge in [-0.25, -0.2) is 4.52 Å². The van der Waals surface area contributed by atoms with Gasteiger partial charge in [-0.3, -0.25) is 0 Å². The molecule has 3 nitrogen and oxygen atoms in total. The first-order valence-electron chi connectivity index (χ1n) is 8.39. The molecule has 0 unspecified atom stereocenters. The smallest absolute Gasteiger partial charge is 0.118 e. The molecule has 0 N–H and O–H groups in total. The van der Waals surface area contributed by atoms with E-state index in [2.05, 4.69) is 53.0 Å². The Balaban J connectivity index is 1.76. The van der Waals surface area contributed by atoms with Crippen molar-refractivity contribution >= 4 is 16.3 Å². The molecule has 3 heteroatoms. The molecule has 0 atom stereocenters. The molecule has 1 aliphatic carbocycles. The molecule has 0 saturated heterocycles. The second-order valence-electron chi connectivity index (χ2n) is 6.49. The lowest BCUT2D eigenvalue weighted by Gasteiger charge is -2.07. The second kappa shape index (κ2) is 5.10. The standard InChI is InChI=1S/C21H18N2O/c1-24-17-10-8-14(9-11-17)19-13-21-18-5-3-2-4-16(18)12-20(15-6-7-15)23(21)22-19/h2-5,8-13,15H,6-7H2,1H3. The fraction of sp³-hybridized carbons (Fsp3) is 0.190. The molecule has 2 heterocycles. The van der Waals surface area contributed by atoms with Gasteiger partial charge in [-0.05, 0) is 54.6 Å². The molecule has 24 heavy (non-hydrogen) atoms. The lowest BCUT2D eigenvalue weighted by molar-refractivity contribution is 0.415. The largest absolute Gasteiger partial charge is 0.497 e. The van der Waals surface area contributed by atoms with Crippen molar-refractivity contribution in [2.45, 2.75) is 18.8 Å². The number of hydrogen-bond acceptors (Lipinski definition) is 2. The summed E-state index contributed by atoms with van der Waals surface area (Å²) in [5.41, 5.74) is 4.66. The average Bonchev–Trinajstić information content (AvgIpc) is 3.38. The third-order valence-corrected chi connectivity index (χ3v) is 4.88. The summed E-state index contributed by atoms with van der Waals surface area (Å²) in [6.07, 6.45) is 2.54. The van der Waals surface area contributed by atoms with E-state index in [0.717, 1.165) is 17.0 Å². The van der Waals surface area contributed by atoms with E-state index in [4.69, 9.17) is 9.84 Å². The first-order valence-corrected chi connectivity index (χ1v) is 8.39. The van der Waals surface area contributed by atoms with E-state index < -0.39 is 0 Å². The highest BCUT2D eigenvalue weighted by atomic mass is 16.5. The van der Waals surface area contributed by atoms with Crippen LogP contribution in [0.4, 0.5) is 0 Å². The van der Waals surface area contributed by atoms with E-state index in [1.54, 1.807) is 7.11 Å². The minimum atomic E-state index is 0.653. The summed E-state index contributed by atoms with van der Waals surface area (Å²) in [4.78, 5) is 0. The molecule has 2 aromatic carbocycles. The fourth-order valence-electron chi connectivity index (χ4n) is 3.42. The number of aromatic nitrogens is 2. The summed E-state index contributed by atoms with van der Waals surface area (Å²) < 4.78 is 7.41. The van der Waals surface area contributed by atoms with E-state index >= 15 is 0 Å². The zero-order valence-electron chi connectivity index (χ0n) is 13.6. The van der Waals surface area contributed by atoms with Gasteiger partial charge in [0.2, 0.25) is 0 Å². The van der Waals surface area contributed by atoms with Crippen molar-refractivity contribution in [3.05, 3.63) is 66.4 Å². The number of pyridine rings is 1. The lowest BCUT2D eigenvalue weighted by atomic mass is 10.1. The van der Waals surface area contributed by atoms with Crippen molar-refractivity contribution in [1.29, 1.82) is 0 Å². The monoisotopic (exact) mass is 314 g/mol. The second-order valence-corrected chi connectivity index (χ2v) is 6.49. The normalized spacial score (nSPS) is 14.4. The van der Waals surface area contributed by atoms with Crippen molar-refractivity contribution in [2.24, 2.45) is 0 Å². The Labute approximate surface area is 140 Å². The van der Waals surface area contributed by atoms with Crippen LogP contribution >= 0.6 is 0 Å². The van der Waals surface area contributed by atoms with Crippen molar-refractivity contribution in [3.63, 3.8) is 0 Å². The Morgan fingerprint density at radius 1 is 1.00 bits per heavy atom. The lowest BCUT2D eigenvalue weighted by Crippen LogP contribution is -1.97. The van der Waals surface area contributed by atoms with Gasteiger partial charge in [0.05, 0.1) is 18.3 Å². The number of rotatable bonds is 3. The molecule has 0 amide bonds. The van der Waals surface area contributed by atoms with Gasteiger partial charge in [-0.1, -0.05) is 24.3 Å². The summed E-state index contributed by atoms with van der Waals surface area (Å²) in [6, 6.07) is 21.2. The average molecular weight is 314 g/mol. The Morgan fingerprint density at radius 3 is 2.54 bits per heavy atom. The summed E-state index contributed by atoms with van der Waals surface area (Å²) >= 11 is 0. The molecule has 1 fully saturated rings. The quantitative estimate of drug-likeness (QED) is 0.529. The van der Waals surface area contributed by atoms with Gasteiger partial charge in [0.1, 0.15) is 5.75 Å². The van der Waals surface area contributed by atoms with Gasteiger partial charge in [0, 0.05) is 22.6 Å². The zero-order chi connectivity index (χ0) is 16.1. The van der Waals surface area contributed by atoms with Gasteiger partial charge >= 0.3 is 0 Å². The Morgan fingerprint density at radius 2 is 1.79 bits per heavy atom. The van der Waals surface area contributed by atoms with Gasteiger partial charge in [0.25, 0.3) is 0 Å². The predicted molar refractivity (Wildman–Crippen MR) is 96.7 cm³/mol. The van der Waals surface area contributed by atoms with E-state index in [1.165, 1.54) is 34.8 Å². The van der Waals surface area contributed by atoms with Gasteiger partial charge in [0.15, 0.2) is 0 Å². The maximum Gasteiger partial charge on any atom is 0.118 e. The highest BCUT2D eigenvalue weighted by molar-refractivity contribution is 5.97. The maximum absolute atomic E-state index is 5.25. The zero-order valence-corrected chi connectivity index (χ0v) is 13.6. The van der Waals surface area contributed by atoms with Crippen molar-refractivity contribution in [3.8, 4) is 17.0 Å². The van der Waals surface area contributed by atoms with Crippen LogP contribution in [0.25, 0.3) is 27.5 Å². The van der Waals surface area contributed by atoms with Crippen molar-refractivity contribution in [2.75, 3.05) is 7.11 Å². The molecule has 118 valence electrons. The summed E-state index contributed by atoms with van der Waals surface area (Å²) in [6.45, 7) is 0. The fourth-order valence-corrected chi connectivity index (χ4v) is 3.42. The highest BCUT2D eigenvalue weighted by Crippen LogP contribution is 2.42. The number of methoxy groups -OCH3 is 1. The van der Waals surface area contributed by atoms with Crippen LogP contribution < -0.4 is 4.74 Å². The molecule has 0 aliphatic heterocycles. The minimum absolute atomic E-state index is 0.653.